The number of aliphatic hydroxyl groups excluding tert-OH is 2. The number of likely N-dealkylation sites (tertiary alicyclic amines) is 1. The number of carbonyl (C=O) groups is 2. The molecule has 0 spiro atoms. The third kappa shape index (κ3) is 2.41. The molecule has 0 aromatic heterocycles. The van der Waals surface area contributed by atoms with Crippen molar-refractivity contribution in [1.82, 2.24) is 4.90 Å². The number of carbonyl (C=O) groups excluding carboxylic acids is 1. The maximum Gasteiger partial charge on any atom is 0.314 e. The summed E-state index contributed by atoms with van der Waals surface area (Å²) in [7, 11) is 0. The Morgan fingerprint density at radius 3 is 2.43 bits per heavy atom. The molecule has 6 nitrogen and oxygen atoms in total. The summed E-state index contributed by atoms with van der Waals surface area (Å²) in [5, 5.41) is 28.3. The van der Waals surface area contributed by atoms with Gasteiger partial charge in [-0.2, -0.15) is 0 Å². The van der Waals surface area contributed by atoms with E-state index < -0.39 is 36.4 Å². The van der Waals surface area contributed by atoms with Crippen LogP contribution in [0.5, 0.6) is 0 Å². The van der Waals surface area contributed by atoms with E-state index in [1.165, 1.54) is 4.90 Å². The smallest absolute Gasteiger partial charge is 0.314 e. The zero-order chi connectivity index (χ0) is 15.6. The van der Waals surface area contributed by atoms with Crippen molar-refractivity contribution in [2.45, 2.75) is 13.0 Å². The second kappa shape index (κ2) is 5.83. The molecule has 1 aromatic carbocycles. The van der Waals surface area contributed by atoms with Crippen LogP contribution in [-0.4, -0.2) is 51.9 Å². The highest BCUT2D eigenvalue weighted by molar-refractivity contribution is 5.91. The Morgan fingerprint density at radius 2 is 2.00 bits per heavy atom. The van der Waals surface area contributed by atoms with Crippen molar-refractivity contribution in [1.29, 1.82) is 0 Å². The average molecular weight is 293 g/mol. The third-order valence-electron chi connectivity index (χ3n) is 4.34. The molecule has 1 aliphatic heterocycles. The van der Waals surface area contributed by atoms with Gasteiger partial charge in [0.1, 0.15) is 5.41 Å². The molecule has 1 fully saturated rings. The van der Waals surface area contributed by atoms with Crippen molar-refractivity contribution < 1.29 is 24.9 Å². The number of carboxylic acids is 1. The standard InChI is InChI=1S/C15H19NO5/c1-10(11-5-3-2-4-6-11)16-8-15(9-18,14(20)21)12(7-17)13(16)19/h2-6,10,12,17-18H,7-9H2,1H3,(H,20,21)/t10-,12?,15+/m1/s1. The van der Waals surface area contributed by atoms with Crippen molar-refractivity contribution in [3.8, 4) is 0 Å². The first-order valence-electron chi connectivity index (χ1n) is 6.78. The van der Waals surface area contributed by atoms with Crippen molar-refractivity contribution in [2.75, 3.05) is 19.8 Å². The van der Waals surface area contributed by atoms with E-state index in [1.807, 2.05) is 30.3 Å². The van der Waals surface area contributed by atoms with Crippen LogP contribution in [0, 0.1) is 11.3 Å². The first-order valence-corrected chi connectivity index (χ1v) is 6.78. The zero-order valence-corrected chi connectivity index (χ0v) is 11.8. The maximum absolute atomic E-state index is 12.4. The van der Waals surface area contributed by atoms with E-state index in [4.69, 9.17) is 0 Å². The molecule has 6 heteroatoms. The first-order chi connectivity index (χ1) is 9.97. The Hall–Kier alpha value is -1.92. The monoisotopic (exact) mass is 293 g/mol. The lowest BCUT2D eigenvalue weighted by atomic mass is 9.79. The summed E-state index contributed by atoms with van der Waals surface area (Å²) in [6.07, 6.45) is 0. The molecule has 114 valence electrons. The highest BCUT2D eigenvalue weighted by Crippen LogP contribution is 2.40. The molecular weight excluding hydrogens is 274 g/mol. The minimum Gasteiger partial charge on any atom is -0.481 e. The van der Waals surface area contributed by atoms with Crippen LogP contribution >= 0.6 is 0 Å². The molecule has 0 aliphatic carbocycles. The largest absolute Gasteiger partial charge is 0.481 e. The summed E-state index contributed by atoms with van der Waals surface area (Å²) in [5.41, 5.74) is -0.767. The van der Waals surface area contributed by atoms with E-state index in [1.54, 1.807) is 6.92 Å². The van der Waals surface area contributed by atoms with Gasteiger partial charge in [0.2, 0.25) is 5.91 Å². The quantitative estimate of drug-likeness (QED) is 0.723. The van der Waals surface area contributed by atoms with E-state index in [-0.39, 0.29) is 12.6 Å². The van der Waals surface area contributed by atoms with Gasteiger partial charge in [0.25, 0.3) is 0 Å². The molecule has 1 aromatic rings. The van der Waals surface area contributed by atoms with E-state index in [9.17, 15) is 24.9 Å². The van der Waals surface area contributed by atoms with Gasteiger partial charge in [0, 0.05) is 6.54 Å². The van der Waals surface area contributed by atoms with Crippen molar-refractivity contribution in [2.24, 2.45) is 11.3 Å². The third-order valence-corrected chi connectivity index (χ3v) is 4.34. The molecule has 1 amide bonds. The van der Waals surface area contributed by atoms with Crippen molar-refractivity contribution in [3.63, 3.8) is 0 Å². The van der Waals surface area contributed by atoms with Crippen LogP contribution in [0.2, 0.25) is 0 Å². The predicted molar refractivity (Wildman–Crippen MR) is 74.3 cm³/mol. The molecular formula is C15H19NO5. The maximum atomic E-state index is 12.4. The second-order valence-electron chi connectivity index (χ2n) is 5.41. The van der Waals surface area contributed by atoms with Gasteiger partial charge in [-0.25, -0.2) is 0 Å². The fraction of sp³-hybridized carbons (Fsp3) is 0.467. The van der Waals surface area contributed by atoms with Crippen LogP contribution in [0.15, 0.2) is 30.3 Å². The Balaban J connectivity index is 2.35. The van der Waals surface area contributed by atoms with Crippen LogP contribution in [-0.2, 0) is 9.59 Å². The molecule has 0 bridgehead atoms. The average Bonchev–Trinajstić information content (AvgIpc) is 2.80. The van der Waals surface area contributed by atoms with Gasteiger partial charge in [-0.15, -0.1) is 0 Å². The summed E-state index contributed by atoms with van der Waals surface area (Å²) in [4.78, 5) is 25.4. The normalized spacial score (nSPS) is 26.9. The summed E-state index contributed by atoms with van der Waals surface area (Å²) >= 11 is 0. The molecule has 0 saturated carbocycles. The number of aliphatic carboxylic acids is 1. The highest BCUT2D eigenvalue weighted by Gasteiger charge is 2.57. The Morgan fingerprint density at radius 1 is 1.38 bits per heavy atom. The molecule has 2 rings (SSSR count). The molecule has 1 aliphatic rings. The molecule has 21 heavy (non-hydrogen) atoms. The van der Waals surface area contributed by atoms with E-state index in [0.29, 0.717) is 0 Å². The summed E-state index contributed by atoms with van der Waals surface area (Å²) in [5.74, 6) is -2.82. The fourth-order valence-electron chi connectivity index (χ4n) is 2.87. The second-order valence-corrected chi connectivity index (χ2v) is 5.41. The van der Waals surface area contributed by atoms with Crippen LogP contribution in [0.25, 0.3) is 0 Å². The van der Waals surface area contributed by atoms with Gasteiger partial charge < -0.3 is 20.2 Å². The summed E-state index contributed by atoms with van der Waals surface area (Å²) in [6.45, 7) is 0.414. The van der Waals surface area contributed by atoms with Crippen LogP contribution in [0.4, 0.5) is 0 Å². The van der Waals surface area contributed by atoms with Crippen LogP contribution in [0.3, 0.4) is 0 Å². The lowest BCUT2D eigenvalue weighted by molar-refractivity contribution is -0.156. The summed E-state index contributed by atoms with van der Waals surface area (Å²) < 4.78 is 0. The molecule has 3 N–H and O–H groups in total. The van der Waals surface area contributed by atoms with E-state index in [2.05, 4.69) is 0 Å². The number of nitrogens with zero attached hydrogens (tertiary/aromatic N) is 1. The molecule has 0 radical (unpaired) electrons. The molecule has 1 heterocycles. The van der Waals surface area contributed by atoms with Gasteiger partial charge in [-0.05, 0) is 12.5 Å². The molecule has 1 saturated heterocycles. The highest BCUT2D eigenvalue weighted by atomic mass is 16.4. The van der Waals surface area contributed by atoms with Crippen molar-refractivity contribution >= 4 is 11.9 Å². The van der Waals surface area contributed by atoms with Gasteiger partial charge >= 0.3 is 5.97 Å². The van der Waals surface area contributed by atoms with Crippen LogP contribution < -0.4 is 0 Å². The zero-order valence-electron chi connectivity index (χ0n) is 11.8. The number of aliphatic hydroxyl groups is 2. The van der Waals surface area contributed by atoms with Gasteiger partial charge in [0.15, 0.2) is 0 Å². The number of hydrogen-bond acceptors (Lipinski definition) is 4. The number of carboxylic acid groups (broad SMARTS) is 1. The minimum atomic E-state index is -1.64. The Bertz CT molecular complexity index is 532. The lowest BCUT2D eigenvalue weighted by Gasteiger charge is -2.27. The van der Waals surface area contributed by atoms with E-state index in [0.717, 1.165) is 5.56 Å². The van der Waals surface area contributed by atoms with Gasteiger partial charge in [-0.1, -0.05) is 30.3 Å². The van der Waals surface area contributed by atoms with Crippen molar-refractivity contribution in [3.05, 3.63) is 35.9 Å². The SMILES string of the molecule is C[C@H](c1ccccc1)N1C[C@@](CO)(C(=O)O)C(CO)C1=O. The molecule has 1 unspecified atom stereocenters. The lowest BCUT2D eigenvalue weighted by Crippen LogP contribution is -2.44. The summed E-state index contributed by atoms with van der Waals surface area (Å²) in [6, 6.07) is 8.92. The fourth-order valence-corrected chi connectivity index (χ4v) is 2.87. The predicted octanol–water partition coefficient (Wildman–Crippen LogP) is 0.262. The Labute approximate surface area is 122 Å². The number of benzene rings is 1. The first kappa shape index (κ1) is 15.5. The van der Waals surface area contributed by atoms with E-state index >= 15 is 0 Å². The molecule has 3 atom stereocenters. The topological polar surface area (TPSA) is 98.1 Å². The Kier molecular flexibility index (Phi) is 4.29. The van der Waals surface area contributed by atoms with Crippen LogP contribution in [0.1, 0.15) is 18.5 Å². The van der Waals surface area contributed by atoms with Gasteiger partial charge in [-0.3, -0.25) is 9.59 Å². The van der Waals surface area contributed by atoms with Gasteiger partial charge in [0.05, 0.1) is 25.2 Å². The number of amides is 1. The number of rotatable bonds is 5. The number of hydrogen-bond donors (Lipinski definition) is 3. The minimum absolute atomic E-state index is 0.112.